The first-order valence-electron chi connectivity index (χ1n) is 12.4. The van der Waals surface area contributed by atoms with E-state index in [2.05, 4.69) is 20.7 Å². The monoisotopic (exact) mass is 535 g/mol. The molecule has 1 aromatic carbocycles. The fourth-order valence-corrected chi connectivity index (χ4v) is 6.31. The molecule has 1 fully saturated rings. The molecular weight excluding hydrogens is 506 g/mol. The van der Waals surface area contributed by atoms with Crippen molar-refractivity contribution in [2.45, 2.75) is 31.7 Å². The number of hydrogen-bond donors (Lipinski definition) is 2. The van der Waals surface area contributed by atoms with Crippen LogP contribution < -0.4 is 10.6 Å². The van der Waals surface area contributed by atoms with Crippen LogP contribution in [0.1, 0.15) is 35.4 Å². The molecular formula is C27H29N5O3S2. The van der Waals surface area contributed by atoms with E-state index in [1.54, 1.807) is 7.05 Å². The lowest BCUT2D eigenvalue weighted by Gasteiger charge is -2.34. The van der Waals surface area contributed by atoms with Gasteiger partial charge in [-0.25, -0.2) is 4.98 Å². The Hall–Kier alpha value is -3.34. The third-order valence-electron chi connectivity index (χ3n) is 6.51. The van der Waals surface area contributed by atoms with Crippen molar-refractivity contribution in [1.82, 2.24) is 25.7 Å². The van der Waals surface area contributed by atoms with Gasteiger partial charge < -0.3 is 15.2 Å². The molecule has 1 saturated heterocycles. The molecule has 0 aliphatic carbocycles. The molecule has 2 amide bonds. The van der Waals surface area contributed by atoms with E-state index in [9.17, 15) is 9.59 Å². The third kappa shape index (κ3) is 5.82. The van der Waals surface area contributed by atoms with Crippen molar-refractivity contribution >= 4 is 34.5 Å². The highest BCUT2D eigenvalue weighted by atomic mass is 32.1. The van der Waals surface area contributed by atoms with Gasteiger partial charge in [0.1, 0.15) is 21.3 Å². The summed E-state index contributed by atoms with van der Waals surface area (Å²) in [5.74, 6) is 0.570. The zero-order chi connectivity index (χ0) is 25.6. The molecule has 0 saturated carbocycles. The number of nitrogens with one attached hydrogen (secondary N) is 2. The predicted molar refractivity (Wildman–Crippen MR) is 147 cm³/mol. The summed E-state index contributed by atoms with van der Waals surface area (Å²) in [5.41, 5.74) is 3.25. The van der Waals surface area contributed by atoms with Crippen molar-refractivity contribution in [2.24, 2.45) is 0 Å². The number of thiazole rings is 1. The van der Waals surface area contributed by atoms with Crippen LogP contribution in [0.25, 0.3) is 33.3 Å². The highest BCUT2D eigenvalue weighted by molar-refractivity contribution is 7.15. The molecule has 10 heteroatoms. The van der Waals surface area contributed by atoms with E-state index in [1.165, 1.54) is 22.7 Å². The molecule has 37 heavy (non-hydrogen) atoms. The SMILES string of the molecule is CNC(=O)C1CCCCN1CCCNC(=O)c1sccc1-c1nc(-c2cc(-c3ccccc3)no2)cs1. The van der Waals surface area contributed by atoms with Gasteiger partial charge in [0.15, 0.2) is 5.76 Å². The van der Waals surface area contributed by atoms with E-state index >= 15 is 0 Å². The van der Waals surface area contributed by atoms with Crippen molar-refractivity contribution in [1.29, 1.82) is 0 Å². The summed E-state index contributed by atoms with van der Waals surface area (Å²) in [4.78, 5) is 32.8. The minimum atomic E-state index is -0.103. The molecule has 1 aliphatic rings. The molecule has 1 unspecified atom stereocenters. The molecule has 3 aromatic heterocycles. The number of amides is 2. The molecule has 4 heterocycles. The average Bonchev–Trinajstić information content (AvgIpc) is 3.71. The van der Waals surface area contributed by atoms with Gasteiger partial charge in [-0.1, -0.05) is 41.9 Å². The first-order valence-corrected chi connectivity index (χ1v) is 14.2. The Labute approximate surface area is 223 Å². The Kier molecular flexibility index (Phi) is 8.08. The molecule has 5 rings (SSSR count). The first kappa shape index (κ1) is 25.3. The number of rotatable bonds is 9. The Morgan fingerprint density at radius 3 is 2.84 bits per heavy atom. The van der Waals surface area contributed by atoms with Crippen LogP contribution in [0.3, 0.4) is 0 Å². The topological polar surface area (TPSA) is 100 Å². The number of carbonyl (C=O) groups is 2. The minimum absolute atomic E-state index is 0.0643. The number of thiophene rings is 1. The number of likely N-dealkylation sites (N-methyl/N-ethyl adjacent to an activating group) is 1. The molecule has 2 N–H and O–H groups in total. The standard InChI is InChI=1S/C27H29N5O3S2/c1-28-25(33)22-10-5-6-13-32(22)14-7-12-29-26(34)24-19(11-15-36-24)27-30-21(17-37-27)23-16-20(31-35-23)18-8-3-2-4-9-18/h2-4,8-9,11,15-17,22H,5-7,10,12-14H2,1H3,(H,28,33)(H,29,34). The van der Waals surface area contributed by atoms with Crippen LogP contribution in [-0.2, 0) is 4.79 Å². The lowest BCUT2D eigenvalue weighted by Crippen LogP contribution is -2.49. The Morgan fingerprint density at radius 2 is 2.00 bits per heavy atom. The van der Waals surface area contributed by atoms with Gasteiger partial charge >= 0.3 is 0 Å². The van der Waals surface area contributed by atoms with Gasteiger partial charge in [-0.15, -0.1) is 22.7 Å². The molecule has 8 nitrogen and oxygen atoms in total. The molecule has 192 valence electrons. The van der Waals surface area contributed by atoms with E-state index in [0.29, 0.717) is 22.9 Å². The van der Waals surface area contributed by atoms with Crippen LogP contribution in [-0.4, -0.2) is 59.6 Å². The molecule has 4 aromatic rings. The number of likely N-dealkylation sites (tertiary alicyclic amines) is 1. The van der Waals surface area contributed by atoms with Crippen molar-refractivity contribution in [2.75, 3.05) is 26.7 Å². The number of hydrogen-bond acceptors (Lipinski definition) is 8. The lowest BCUT2D eigenvalue weighted by atomic mass is 10.0. The number of carbonyl (C=O) groups excluding carboxylic acids is 2. The van der Waals surface area contributed by atoms with Crippen LogP contribution in [0.2, 0.25) is 0 Å². The Morgan fingerprint density at radius 1 is 1.14 bits per heavy atom. The van der Waals surface area contributed by atoms with Crippen molar-refractivity contribution in [3.63, 3.8) is 0 Å². The molecule has 1 aliphatic heterocycles. The van der Waals surface area contributed by atoms with Gasteiger partial charge in [0, 0.05) is 42.7 Å². The first-order chi connectivity index (χ1) is 18.1. The molecule has 0 radical (unpaired) electrons. The van der Waals surface area contributed by atoms with Crippen LogP contribution in [0.5, 0.6) is 0 Å². The maximum absolute atomic E-state index is 13.0. The van der Waals surface area contributed by atoms with Crippen molar-refractivity contribution < 1.29 is 14.1 Å². The fraction of sp³-hybridized carbons (Fsp3) is 0.333. The summed E-state index contributed by atoms with van der Waals surface area (Å²) in [7, 11) is 1.69. The van der Waals surface area contributed by atoms with Gasteiger partial charge in [0.2, 0.25) is 5.91 Å². The van der Waals surface area contributed by atoms with Crippen molar-refractivity contribution in [3.05, 3.63) is 58.1 Å². The quantitative estimate of drug-likeness (QED) is 0.295. The van der Waals surface area contributed by atoms with Gasteiger partial charge in [-0.2, -0.15) is 0 Å². The predicted octanol–water partition coefficient (Wildman–Crippen LogP) is 4.91. The summed E-state index contributed by atoms with van der Waals surface area (Å²) in [6.07, 6.45) is 3.87. The summed E-state index contributed by atoms with van der Waals surface area (Å²) in [6.45, 7) is 2.26. The largest absolute Gasteiger partial charge is 0.358 e. The van der Waals surface area contributed by atoms with Gasteiger partial charge in [0.05, 0.1) is 6.04 Å². The number of piperidine rings is 1. The maximum Gasteiger partial charge on any atom is 0.262 e. The van der Waals surface area contributed by atoms with Crippen LogP contribution in [0.15, 0.2) is 57.7 Å². The second kappa shape index (κ2) is 11.8. The number of aromatic nitrogens is 2. The highest BCUT2D eigenvalue weighted by Crippen LogP contribution is 2.34. The number of benzene rings is 1. The summed E-state index contributed by atoms with van der Waals surface area (Å²) in [6, 6.07) is 13.6. The smallest absolute Gasteiger partial charge is 0.262 e. The van der Waals surface area contributed by atoms with Gasteiger partial charge in [0.25, 0.3) is 5.91 Å². The van der Waals surface area contributed by atoms with E-state index in [4.69, 9.17) is 9.51 Å². The Bertz CT molecular complexity index is 1350. The molecule has 0 bridgehead atoms. The zero-order valence-corrected chi connectivity index (χ0v) is 22.2. The normalized spacial score (nSPS) is 16.0. The third-order valence-corrected chi connectivity index (χ3v) is 8.30. The Balaban J connectivity index is 1.19. The van der Waals surface area contributed by atoms with E-state index in [0.717, 1.165) is 60.6 Å². The molecule has 0 spiro atoms. The van der Waals surface area contributed by atoms with E-state index in [1.807, 2.05) is 53.2 Å². The molecule has 1 atom stereocenters. The van der Waals surface area contributed by atoms with Crippen LogP contribution in [0, 0.1) is 0 Å². The summed E-state index contributed by atoms with van der Waals surface area (Å²) < 4.78 is 5.55. The lowest BCUT2D eigenvalue weighted by molar-refractivity contribution is -0.127. The minimum Gasteiger partial charge on any atom is -0.358 e. The zero-order valence-electron chi connectivity index (χ0n) is 20.6. The van der Waals surface area contributed by atoms with Gasteiger partial charge in [-0.3, -0.25) is 14.5 Å². The van der Waals surface area contributed by atoms with Gasteiger partial charge in [-0.05, 0) is 37.3 Å². The van der Waals surface area contributed by atoms with E-state index in [-0.39, 0.29) is 17.9 Å². The maximum atomic E-state index is 13.0. The fourth-order valence-electron chi connectivity index (χ4n) is 4.59. The average molecular weight is 536 g/mol. The summed E-state index contributed by atoms with van der Waals surface area (Å²) >= 11 is 2.88. The summed E-state index contributed by atoms with van der Waals surface area (Å²) in [5, 5.41) is 14.6. The van der Waals surface area contributed by atoms with E-state index < -0.39 is 0 Å². The number of nitrogens with zero attached hydrogens (tertiary/aromatic N) is 3. The van der Waals surface area contributed by atoms with Crippen LogP contribution in [0.4, 0.5) is 0 Å². The second-order valence-electron chi connectivity index (χ2n) is 8.91. The van der Waals surface area contributed by atoms with Crippen LogP contribution >= 0.6 is 22.7 Å². The second-order valence-corrected chi connectivity index (χ2v) is 10.7. The highest BCUT2D eigenvalue weighted by Gasteiger charge is 2.27. The van der Waals surface area contributed by atoms with Crippen molar-refractivity contribution in [3.8, 4) is 33.3 Å².